The highest BCUT2D eigenvalue weighted by Gasteiger charge is 2.47. The molecule has 0 spiro atoms. The molecular formula is C21H26N2O3. The summed E-state index contributed by atoms with van der Waals surface area (Å²) in [5.41, 5.74) is 2.37. The van der Waals surface area contributed by atoms with Crippen molar-refractivity contribution in [2.45, 2.75) is 44.0 Å². The number of methoxy groups -OCH3 is 1. The number of pyridine rings is 1. The molecule has 2 bridgehead atoms. The van der Waals surface area contributed by atoms with Crippen LogP contribution in [0.2, 0.25) is 0 Å². The van der Waals surface area contributed by atoms with Crippen molar-refractivity contribution >= 4 is 0 Å². The lowest BCUT2D eigenvalue weighted by atomic mass is 9.76. The Balaban J connectivity index is 1.59. The third-order valence-electron chi connectivity index (χ3n) is 5.71. The average Bonchev–Trinajstić information content (AvgIpc) is 2.63. The van der Waals surface area contributed by atoms with Crippen molar-refractivity contribution in [1.82, 2.24) is 9.88 Å². The Labute approximate surface area is 154 Å². The quantitative estimate of drug-likeness (QED) is 0.915. The lowest BCUT2D eigenvalue weighted by Gasteiger charge is -2.52. The van der Waals surface area contributed by atoms with E-state index in [9.17, 15) is 5.11 Å². The molecule has 3 heterocycles. The number of hydrogen-bond acceptors (Lipinski definition) is 5. The first-order chi connectivity index (χ1) is 12.6. The molecule has 0 aliphatic carbocycles. The zero-order valence-electron chi connectivity index (χ0n) is 15.4. The van der Waals surface area contributed by atoms with Crippen molar-refractivity contribution in [2.75, 3.05) is 20.3 Å². The van der Waals surface area contributed by atoms with E-state index in [2.05, 4.69) is 34.1 Å². The number of aryl methyl sites for hydroxylation is 1. The van der Waals surface area contributed by atoms with Crippen LogP contribution in [0.15, 0.2) is 42.6 Å². The summed E-state index contributed by atoms with van der Waals surface area (Å²) < 4.78 is 11.0. The summed E-state index contributed by atoms with van der Waals surface area (Å²) in [4.78, 5) is 6.83. The molecule has 0 amide bonds. The summed E-state index contributed by atoms with van der Waals surface area (Å²) in [6, 6.07) is 12.8. The maximum Gasteiger partial charge on any atom is 0.213 e. The van der Waals surface area contributed by atoms with Crippen molar-refractivity contribution in [1.29, 1.82) is 0 Å². The Bertz CT molecular complexity index is 751. The van der Waals surface area contributed by atoms with Gasteiger partial charge in [-0.1, -0.05) is 30.3 Å². The van der Waals surface area contributed by atoms with Crippen LogP contribution in [0.3, 0.4) is 0 Å². The molecule has 138 valence electrons. The van der Waals surface area contributed by atoms with E-state index in [-0.39, 0.29) is 12.1 Å². The molecular weight excluding hydrogens is 328 g/mol. The van der Waals surface area contributed by atoms with Gasteiger partial charge in [0.2, 0.25) is 5.88 Å². The van der Waals surface area contributed by atoms with Gasteiger partial charge in [0.15, 0.2) is 0 Å². The van der Waals surface area contributed by atoms with Crippen molar-refractivity contribution in [3.05, 3.63) is 59.3 Å². The second-order valence-corrected chi connectivity index (χ2v) is 7.48. The van der Waals surface area contributed by atoms with Crippen LogP contribution < -0.4 is 4.74 Å². The van der Waals surface area contributed by atoms with Crippen LogP contribution in [-0.2, 0) is 16.9 Å². The third kappa shape index (κ3) is 3.22. The van der Waals surface area contributed by atoms with Crippen molar-refractivity contribution in [3.8, 4) is 5.88 Å². The van der Waals surface area contributed by atoms with Gasteiger partial charge < -0.3 is 14.6 Å². The summed E-state index contributed by atoms with van der Waals surface area (Å²) in [7, 11) is 1.61. The summed E-state index contributed by atoms with van der Waals surface area (Å²) in [6.45, 7) is 4.23. The molecule has 2 aromatic rings. The van der Waals surface area contributed by atoms with Crippen molar-refractivity contribution in [2.24, 2.45) is 0 Å². The Morgan fingerprint density at radius 3 is 2.54 bits per heavy atom. The summed E-state index contributed by atoms with van der Waals surface area (Å²) in [5, 5.41) is 11.5. The first-order valence-electron chi connectivity index (χ1n) is 9.20. The maximum absolute atomic E-state index is 11.5. The van der Waals surface area contributed by atoms with Crippen LogP contribution in [0.4, 0.5) is 0 Å². The highest BCUT2D eigenvalue weighted by Crippen LogP contribution is 2.42. The van der Waals surface area contributed by atoms with Crippen LogP contribution >= 0.6 is 0 Å². The molecule has 0 radical (unpaired) electrons. The fourth-order valence-electron chi connectivity index (χ4n) is 4.45. The van der Waals surface area contributed by atoms with Gasteiger partial charge in [0.1, 0.15) is 0 Å². The van der Waals surface area contributed by atoms with Gasteiger partial charge in [-0.3, -0.25) is 4.90 Å². The first-order valence-corrected chi connectivity index (χ1v) is 9.20. The molecule has 1 N–H and O–H groups in total. The number of piperidine rings is 1. The number of morpholine rings is 1. The van der Waals surface area contributed by atoms with Gasteiger partial charge in [0.05, 0.1) is 25.9 Å². The maximum atomic E-state index is 11.5. The molecule has 2 aliphatic heterocycles. The molecule has 4 rings (SSSR count). The van der Waals surface area contributed by atoms with E-state index in [4.69, 9.17) is 9.47 Å². The minimum atomic E-state index is -0.865. The molecule has 2 saturated heterocycles. The largest absolute Gasteiger partial charge is 0.481 e. The van der Waals surface area contributed by atoms with Gasteiger partial charge in [-0.05, 0) is 30.9 Å². The Hall–Kier alpha value is -1.95. The molecule has 2 atom stereocenters. The number of hydrogen-bond donors (Lipinski definition) is 1. The molecule has 0 saturated carbocycles. The monoisotopic (exact) mass is 354 g/mol. The molecule has 1 aromatic heterocycles. The SMILES string of the molecule is COc1cc(C)c(C2(O)CC3COCC(C2)N3Cc2ccccc2)cn1. The Morgan fingerprint density at radius 2 is 1.92 bits per heavy atom. The lowest BCUT2D eigenvalue weighted by Crippen LogP contribution is -2.60. The molecule has 5 nitrogen and oxygen atoms in total. The van der Waals surface area contributed by atoms with E-state index in [1.807, 2.05) is 19.1 Å². The Kier molecular flexibility index (Phi) is 4.69. The second kappa shape index (κ2) is 6.99. The molecule has 1 aromatic carbocycles. The zero-order valence-corrected chi connectivity index (χ0v) is 15.4. The number of nitrogens with zero attached hydrogens (tertiary/aromatic N) is 2. The van der Waals surface area contributed by atoms with Crippen LogP contribution in [0.25, 0.3) is 0 Å². The minimum Gasteiger partial charge on any atom is -0.481 e. The fourth-order valence-corrected chi connectivity index (χ4v) is 4.45. The van der Waals surface area contributed by atoms with E-state index in [0.29, 0.717) is 31.9 Å². The van der Waals surface area contributed by atoms with Gasteiger partial charge in [-0.25, -0.2) is 4.98 Å². The molecule has 2 aliphatic rings. The van der Waals surface area contributed by atoms with Gasteiger partial charge in [0.25, 0.3) is 0 Å². The molecule has 5 heteroatoms. The second-order valence-electron chi connectivity index (χ2n) is 7.48. The fraction of sp³-hybridized carbons (Fsp3) is 0.476. The number of aliphatic hydroxyl groups is 1. The summed E-state index contributed by atoms with van der Waals surface area (Å²) in [5.74, 6) is 0.583. The van der Waals surface area contributed by atoms with Gasteiger partial charge in [-0.2, -0.15) is 0 Å². The number of fused-ring (bicyclic) bond motifs is 2. The number of aromatic nitrogens is 1. The molecule has 26 heavy (non-hydrogen) atoms. The normalized spacial score (nSPS) is 28.7. The topological polar surface area (TPSA) is 54.8 Å². The van der Waals surface area contributed by atoms with E-state index >= 15 is 0 Å². The molecule has 2 unspecified atom stereocenters. The van der Waals surface area contributed by atoms with Gasteiger partial charge in [-0.15, -0.1) is 0 Å². The Morgan fingerprint density at radius 1 is 1.23 bits per heavy atom. The van der Waals surface area contributed by atoms with Gasteiger partial charge in [0, 0.05) is 36.5 Å². The highest BCUT2D eigenvalue weighted by atomic mass is 16.5. The predicted molar refractivity (Wildman–Crippen MR) is 99.0 cm³/mol. The van der Waals surface area contributed by atoms with E-state index in [1.165, 1.54) is 5.56 Å². The van der Waals surface area contributed by atoms with Crippen LogP contribution in [-0.4, -0.2) is 47.4 Å². The van der Waals surface area contributed by atoms with Crippen molar-refractivity contribution in [3.63, 3.8) is 0 Å². The van der Waals surface area contributed by atoms with E-state index in [0.717, 1.165) is 17.7 Å². The number of benzene rings is 1. The first kappa shape index (κ1) is 17.5. The average molecular weight is 354 g/mol. The number of rotatable bonds is 4. The smallest absolute Gasteiger partial charge is 0.213 e. The van der Waals surface area contributed by atoms with Crippen LogP contribution in [0, 0.1) is 6.92 Å². The third-order valence-corrected chi connectivity index (χ3v) is 5.71. The number of ether oxygens (including phenoxy) is 2. The van der Waals surface area contributed by atoms with Crippen LogP contribution in [0.1, 0.15) is 29.5 Å². The summed E-state index contributed by atoms with van der Waals surface area (Å²) >= 11 is 0. The summed E-state index contributed by atoms with van der Waals surface area (Å²) in [6.07, 6.45) is 3.09. The van der Waals surface area contributed by atoms with Crippen LogP contribution in [0.5, 0.6) is 5.88 Å². The lowest BCUT2D eigenvalue weighted by molar-refractivity contribution is -0.149. The van der Waals surface area contributed by atoms with E-state index < -0.39 is 5.60 Å². The predicted octanol–water partition coefficient (Wildman–Crippen LogP) is 2.65. The van der Waals surface area contributed by atoms with E-state index in [1.54, 1.807) is 13.3 Å². The van der Waals surface area contributed by atoms with Gasteiger partial charge >= 0.3 is 0 Å². The minimum absolute atomic E-state index is 0.203. The highest BCUT2D eigenvalue weighted by molar-refractivity contribution is 5.34. The molecule has 2 fully saturated rings. The zero-order chi connectivity index (χ0) is 18.1. The van der Waals surface area contributed by atoms with Crippen molar-refractivity contribution < 1.29 is 14.6 Å². The standard InChI is InChI=1S/C21H26N2O3/c1-15-8-20(25-2)22-11-19(15)21(24)9-17-13-26-14-18(10-21)23(17)12-16-6-4-3-5-7-16/h3-8,11,17-18,24H,9-10,12-14H2,1-2H3.